The maximum Gasteiger partial charge on any atom is 1.00 e. The average Bonchev–Trinajstić information content (AvgIpc) is 2.48. The van der Waals surface area contributed by atoms with Crippen molar-refractivity contribution >= 4 is 11.9 Å². The van der Waals surface area contributed by atoms with Crippen LogP contribution in [0.3, 0.4) is 0 Å². The molecule has 0 amide bonds. The van der Waals surface area contributed by atoms with Gasteiger partial charge in [0.25, 0.3) is 0 Å². The van der Waals surface area contributed by atoms with Gasteiger partial charge in [0, 0.05) is 18.3 Å². The third-order valence-corrected chi connectivity index (χ3v) is 2.95. The standard InChI is InChI=1S/C13H15NO7.Li/c15-11(16)13(12(17)18,7-9-3-1-2-4-14-9)21-10-8-19-5-6-20-10;/h1-4,10H,5-8H2,(H,15,16)(H,17,18);/q;+1/p-1. The van der Waals surface area contributed by atoms with Crippen molar-refractivity contribution in [1.82, 2.24) is 4.98 Å². The van der Waals surface area contributed by atoms with E-state index in [1.54, 1.807) is 12.1 Å². The van der Waals surface area contributed by atoms with Gasteiger partial charge in [0.15, 0.2) is 6.29 Å². The summed E-state index contributed by atoms with van der Waals surface area (Å²) >= 11 is 0. The number of ether oxygens (including phenoxy) is 3. The van der Waals surface area contributed by atoms with E-state index < -0.39 is 30.3 Å². The number of carbonyl (C=O) groups is 2. The summed E-state index contributed by atoms with van der Waals surface area (Å²) < 4.78 is 15.4. The van der Waals surface area contributed by atoms with E-state index >= 15 is 0 Å². The van der Waals surface area contributed by atoms with Gasteiger partial charge in [-0.15, -0.1) is 0 Å². The molecular weight excluding hydrogens is 289 g/mol. The van der Waals surface area contributed by atoms with Crippen LogP contribution in [-0.4, -0.2) is 53.7 Å². The third-order valence-electron chi connectivity index (χ3n) is 2.95. The first-order chi connectivity index (χ1) is 10.0. The van der Waals surface area contributed by atoms with Crippen LogP contribution in [0, 0.1) is 0 Å². The van der Waals surface area contributed by atoms with E-state index in [4.69, 9.17) is 14.2 Å². The van der Waals surface area contributed by atoms with E-state index in [1.807, 2.05) is 0 Å². The van der Waals surface area contributed by atoms with Gasteiger partial charge in [-0.05, 0) is 12.1 Å². The van der Waals surface area contributed by atoms with Crippen LogP contribution in [0.4, 0.5) is 0 Å². The van der Waals surface area contributed by atoms with E-state index in [1.165, 1.54) is 12.3 Å². The smallest absolute Gasteiger partial charge is 0.546 e. The van der Waals surface area contributed by atoms with Gasteiger partial charge >= 0.3 is 24.8 Å². The minimum atomic E-state index is -2.58. The molecule has 2 unspecified atom stereocenters. The minimum absolute atomic E-state index is 0. The van der Waals surface area contributed by atoms with E-state index in [0.29, 0.717) is 6.61 Å². The van der Waals surface area contributed by atoms with Gasteiger partial charge < -0.3 is 29.2 Å². The maximum absolute atomic E-state index is 11.5. The number of hydrogen-bond donors (Lipinski definition) is 1. The van der Waals surface area contributed by atoms with Crippen molar-refractivity contribution in [3.05, 3.63) is 30.1 Å². The van der Waals surface area contributed by atoms with Gasteiger partial charge in [-0.1, -0.05) is 6.07 Å². The summed E-state index contributed by atoms with van der Waals surface area (Å²) in [6, 6.07) is 4.75. The zero-order chi connectivity index (χ0) is 15.3. The molecule has 1 saturated heterocycles. The molecule has 9 heteroatoms. The molecule has 0 spiro atoms. The molecule has 0 aliphatic carbocycles. The Morgan fingerprint density at radius 2 is 2.23 bits per heavy atom. The Morgan fingerprint density at radius 1 is 1.45 bits per heavy atom. The minimum Gasteiger partial charge on any atom is -0.546 e. The van der Waals surface area contributed by atoms with Gasteiger partial charge in [-0.2, -0.15) is 0 Å². The number of hydrogen-bond acceptors (Lipinski definition) is 7. The molecule has 114 valence electrons. The number of aliphatic carboxylic acids is 2. The Labute approximate surface area is 138 Å². The average molecular weight is 303 g/mol. The molecular formula is C13H14LiNO7. The molecule has 0 radical (unpaired) electrons. The van der Waals surface area contributed by atoms with E-state index in [2.05, 4.69) is 4.98 Å². The van der Waals surface area contributed by atoms with Crippen LogP contribution in [-0.2, 0) is 30.2 Å². The fourth-order valence-corrected chi connectivity index (χ4v) is 1.89. The summed E-state index contributed by atoms with van der Waals surface area (Å²) in [5.41, 5.74) is -2.33. The fraction of sp³-hybridized carbons (Fsp3) is 0.462. The number of rotatable bonds is 6. The van der Waals surface area contributed by atoms with Crippen LogP contribution in [0.5, 0.6) is 0 Å². The summed E-state index contributed by atoms with van der Waals surface area (Å²) in [4.78, 5) is 26.8. The van der Waals surface area contributed by atoms with Crippen LogP contribution >= 0.6 is 0 Å². The van der Waals surface area contributed by atoms with Crippen LogP contribution in [0.2, 0.25) is 0 Å². The molecule has 2 heterocycles. The molecule has 0 saturated carbocycles. The van der Waals surface area contributed by atoms with Crippen molar-refractivity contribution in [1.29, 1.82) is 0 Å². The van der Waals surface area contributed by atoms with Crippen LogP contribution in [0.25, 0.3) is 0 Å². The summed E-state index contributed by atoms with van der Waals surface area (Å²) in [6.07, 6.45) is -0.139. The van der Waals surface area contributed by atoms with E-state index in [0.717, 1.165) is 0 Å². The number of carbonyl (C=O) groups excluding carboxylic acids is 1. The number of carboxylic acid groups (broad SMARTS) is 2. The number of pyridine rings is 1. The summed E-state index contributed by atoms with van der Waals surface area (Å²) in [7, 11) is 0. The Balaban J connectivity index is 0.00000242. The molecule has 1 aromatic heterocycles. The Bertz CT molecular complexity index is 490. The number of aromatic nitrogens is 1. The van der Waals surface area contributed by atoms with Crippen molar-refractivity contribution in [2.45, 2.75) is 18.3 Å². The molecule has 2 rings (SSSR count). The fourth-order valence-electron chi connectivity index (χ4n) is 1.89. The van der Waals surface area contributed by atoms with Crippen molar-refractivity contribution in [3.8, 4) is 0 Å². The molecule has 8 nitrogen and oxygen atoms in total. The first kappa shape index (κ1) is 18.6. The molecule has 22 heavy (non-hydrogen) atoms. The zero-order valence-corrected chi connectivity index (χ0v) is 12.1. The first-order valence-corrected chi connectivity index (χ1v) is 6.26. The van der Waals surface area contributed by atoms with Gasteiger partial charge in [0.2, 0.25) is 5.60 Å². The SMILES string of the molecule is O=C([O-])C(Cc1ccccn1)(OC1COCCO1)C(=O)O.[Li+]. The topological polar surface area (TPSA) is 118 Å². The largest absolute Gasteiger partial charge is 1.00 e. The monoisotopic (exact) mass is 303 g/mol. The Kier molecular flexibility index (Phi) is 6.99. The first-order valence-electron chi connectivity index (χ1n) is 6.26. The number of nitrogens with zero attached hydrogens (tertiary/aromatic N) is 1. The second-order valence-corrected chi connectivity index (χ2v) is 4.41. The molecule has 1 N–H and O–H groups in total. The van der Waals surface area contributed by atoms with Crippen LogP contribution in [0.15, 0.2) is 24.4 Å². The van der Waals surface area contributed by atoms with Gasteiger partial charge in [0.05, 0.1) is 25.8 Å². The van der Waals surface area contributed by atoms with Crippen LogP contribution < -0.4 is 24.0 Å². The zero-order valence-electron chi connectivity index (χ0n) is 12.1. The second-order valence-electron chi connectivity index (χ2n) is 4.41. The van der Waals surface area contributed by atoms with Crippen molar-refractivity contribution in [2.75, 3.05) is 19.8 Å². The third kappa shape index (κ3) is 4.29. The summed E-state index contributed by atoms with van der Waals surface area (Å²) in [5.74, 6) is -3.54. The van der Waals surface area contributed by atoms with E-state index in [9.17, 15) is 19.8 Å². The maximum atomic E-state index is 11.5. The van der Waals surface area contributed by atoms with Crippen LogP contribution in [0.1, 0.15) is 5.69 Å². The molecule has 1 fully saturated rings. The molecule has 1 aromatic rings. The summed E-state index contributed by atoms with van der Waals surface area (Å²) in [6.45, 7) is 0.479. The molecule has 0 aromatic carbocycles. The predicted molar refractivity (Wildman–Crippen MR) is 65.0 cm³/mol. The van der Waals surface area contributed by atoms with Crippen molar-refractivity contribution in [3.63, 3.8) is 0 Å². The van der Waals surface area contributed by atoms with Gasteiger partial charge in [0.1, 0.15) is 0 Å². The van der Waals surface area contributed by atoms with Crippen molar-refractivity contribution in [2.24, 2.45) is 0 Å². The molecule has 2 atom stereocenters. The predicted octanol–water partition coefficient (Wildman–Crippen LogP) is -4.41. The van der Waals surface area contributed by atoms with Gasteiger partial charge in [-0.25, -0.2) is 4.79 Å². The quantitative estimate of drug-likeness (QED) is 0.413. The Morgan fingerprint density at radius 3 is 2.73 bits per heavy atom. The Hall–Kier alpha value is -1.43. The normalized spacial score (nSPS) is 20.5. The second kappa shape index (κ2) is 8.27. The molecule has 1 aliphatic rings. The van der Waals surface area contributed by atoms with Crippen molar-refractivity contribution < 1.29 is 52.9 Å². The molecule has 1 aliphatic heterocycles. The molecule has 0 bridgehead atoms. The summed E-state index contributed by atoms with van der Waals surface area (Å²) in [5, 5.41) is 20.7. The number of carboxylic acids is 2. The van der Waals surface area contributed by atoms with Gasteiger partial charge in [-0.3, -0.25) is 4.98 Å². The van der Waals surface area contributed by atoms with E-state index in [-0.39, 0.29) is 37.8 Å².